The topological polar surface area (TPSA) is 66.5 Å². The Morgan fingerprint density at radius 3 is 2.42 bits per heavy atom. The first-order valence-corrected chi connectivity index (χ1v) is 9.69. The van der Waals surface area contributed by atoms with Crippen molar-refractivity contribution in [3.05, 3.63) is 60.2 Å². The molecule has 5 nitrogen and oxygen atoms in total. The van der Waals surface area contributed by atoms with Gasteiger partial charge in [-0.25, -0.2) is 13.2 Å². The Bertz CT molecular complexity index is 789. The largest absolute Gasteiger partial charge is 0.322 e. The number of nitrogens with one attached hydrogen (secondary N) is 1. The molecule has 2 aromatic carbocycles. The molecule has 0 aliphatic heterocycles. The summed E-state index contributed by atoms with van der Waals surface area (Å²) < 4.78 is 23.3. The lowest BCUT2D eigenvalue weighted by Gasteiger charge is -2.23. The summed E-state index contributed by atoms with van der Waals surface area (Å²) in [5.74, 6) is 0. The second-order valence-electron chi connectivity index (χ2n) is 5.64. The number of sulfone groups is 1. The molecule has 0 unspecified atom stereocenters. The van der Waals surface area contributed by atoms with Gasteiger partial charge < -0.3 is 10.2 Å². The van der Waals surface area contributed by atoms with Crippen LogP contribution in [0.5, 0.6) is 0 Å². The average Bonchev–Trinajstić information content (AvgIpc) is 2.55. The summed E-state index contributed by atoms with van der Waals surface area (Å²) in [6.45, 7) is 3.13. The number of urea groups is 1. The van der Waals surface area contributed by atoms with Crippen molar-refractivity contribution < 1.29 is 13.2 Å². The SMILES string of the molecule is CCCN(Cc1ccccc1)C(=O)Nc1cccc(S(C)(=O)=O)c1. The molecule has 0 spiro atoms. The van der Waals surface area contributed by atoms with Crippen LogP contribution in [-0.2, 0) is 16.4 Å². The molecular weight excluding hydrogens is 324 g/mol. The third-order valence-corrected chi connectivity index (χ3v) is 4.62. The second kappa shape index (κ2) is 7.97. The molecule has 0 radical (unpaired) electrons. The van der Waals surface area contributed by atoms with E-state index in [-0.39, 0.29) is 10.9 Å². The number of amides is 2. The highest BCUT2D eigenvalue weighted by molar-refractivity contribution is 7.90. The van der Waals surface area contributed by atoms with Gasteiger partial charge in [0.15, 0.2) is 9.84 Å². The molecule has 0 saturated heterocycles. The Labute approximate surface area is 143 Å². The number of anilines is 1. The summed E-state index contributed by atoms with van der Waals surface area (Å²) >= 11 is 0. The second-order valence-corrected chi connectivity index (χ2v) is 7.65. The molecule has 1 N–H and O–H groups in total. The number of nitrogens with zero attached hydrogens (tertiary/aromatic N) is 1. The van der Waals surface area contributed by atoms with Crippen molar-refractivity contribution in [1.29, 1.82) is 0 Å². The molecule has 2 rings (SSSR count). The molecule has 24 heavy (non-hydrogen) atoms. The van der Waals surface area contributed by atoms with E-state index in [9.17, 15) is 13.2 Å². The number of rotatable bonds is 6. The van der Waals surface area contributed by atoms with Gasteiger partial charge in [0, 0.05) is 25.0 Å². The minimum Gasteiger partial charge on any atom is -0.320 e. The maximum atomic E-state index is 12.5. The normalized spacial score (nSPS) is 11.1. The number of benzene rings is 2. The van der Waals surface area contributed by atoms with Crippen LogP contribution >= 0.6 is 0 Å². The first kappa shape index (κ1) is 18.0. The number of carbonyl (C=O) groups excluding carboxylic acids is 1. The van der Waals surface area contributed by atoms with Crippen LogP contribution in [0, 0.1) is 0 Å². The van der Waals surface area contributed by atoms with E-state index < -0.39 is 9.84 Å². The zero-order chi connectivity index (χ0) is 17.6. The summed E-state index contributed by atoms with van der Waals surface area (Å²) in [5, 5.41) is 2.78. The molecule has 0 heterocycles. The number of hydrogen-bond acceptors (Lipinski definition) is 3. The van der Waals surface area contributed by atoms with Crippen LogP contribution in [0.3, 0.4) is 0 Å². The Morgan fingerprint density at radius 2 is 1.79 bits per heavy atom. The van der Waals surface area contributed by atoms with Crippen molar-refractivity contribution in [1.82, 2.24) is 4.90 Å². The first-order chi connectivity index (χ1) is 11.4. The standard InChI is InChI=1S/C18H22N2O3S/c1-3-12-20(14-15-8-5-4-6-9-15)18(21)19-16-10-7-11-17(13-16)24(2,22)23/h4-11,13H,3,12,14H2,1-2H3,(H,19,21). The molecule has 0 aromatic heterocycles. The Hall–Kier alpha value is -2.34. The third-order valence-electron chi connectivity index (χ3n) is 3.51. The van der Waals surface area contributed by atoms with E-state index in [1.54, 1.807) is 17.0 Å². The molecule has 0 atom stereocenters. The van der Waals surface area contributed by atoms with E-state index in [4.69, 9.17) is 0 Å². The quantitative estimate of drug-likeness (QED) is 0.870. The maximum absolute atomic E-state index is 12.5. The lowest BCUT2D eigenvalue weighted by Crippen LogP contribution is -2.35. The van der Waals surface area contributed by atoms with E-state index in [2.05, 4.69) is 5.32 Å². The summed E-state index contributed by atoms with van der Waals surface area (Å²) in [7, 11) is -3.31. The van der Waals surface area contributed by atoms with Gasteiger partial charge in [-0.1, -0.05) is 43.3 Å². The highest BCUT2D eigenvalue weighted by Gasteiger charge is 2.14. The van der Waals surface area contributed by atoms with E-state index in [0.717, 1.165) is 18.2 Å². The van der Waals surface area contributed by atoms with E-state index in [1.807, 2.05) is 37.3 Å². The minimum atomic E-state index is -3.31. The summed E-state index contributed by atoms with van der Waals surface area (Å²) in [4.78, 5) is 14.4. The van der Waals surface area contributed by atoms with Gasteiger partial charge in [-0.3, -0.25) is 0 Å². The highest BCUT2D eigenvalue weighted by Crippen LogP contribution is 2.16. The monoisotopic (exact) mass is 346 g/mol. The molecule has 0 aliphatic rings. The lowest BCUT2D eigenvalue weighted by molar-refractivity contribution is 0.209. The summed E-state index contributed by atoms with van der Waals surface area (Å²) in [6, 6.07) is 15.8. The van der Waals surface area contributed by atoms with Crippen molar-refractivity contribution in [2.45, 2.75) is 24.8 Å². The molecule has 6 heteroatoms. The summed E-state index contributed by atoms with van der Waals surface area (Å²) in [5.41, 5.74) is 1.52. The third kappa shape index (κ3) is 5.09. The molecular formula is C18H22N2O3S. The van der Waals surface area contributed by atoms with E-state index in [0.29, 0.717) is 18.8 Å². The Kier molecular flexibility index (Phi) is 5.98. The van der Waals surface area contributed by atoms with Crippen LogP contribution in [-0.4, -0.2) is 32.1 Å². The maximum Gasteiger partial charge on any atom is 0.322 e. The molecule has 2 amide bonds. The molecule has 128 valence electrons. The Morgan fingerprint density at radius 1 is 1.08 bits per heavy atom. The molecule has 0 bridgehead atoms. The van der Waals surface area contributed by atoms with Crippen molar-refractivity contribution in [3.8, 4) is 0 Å². The van der Waals surface area contributed by atoms with Crippen molar-refractivity contribution in [3.63, 3.8) is 0 Å². The van der Waals surface area contributed by atoms with Crippen molar-refractivity contribution >= 4 is 21.6 Å². The zero-order valence-electron chi connectivity index (χ0n) is 13.9. The van der Waals surface area contributed by atoms with Crippen LogP contribution < -0.4 is 5.32 Å². The molecule has 0 aliphatic carbocycles. The van der Waals surface area contributed by atoms with Crippen LogP contribution in [0.2, 0.25) is 0 Å². The first-order valence-electron chi connectivity index (χ1n) is 7.80. The zero-order valence-corrected chi connectivity index (χ0v) is 14.7. The van der Waals surface area contributed by atoms with Gasteiger partial charge in [0.25, 0.3) is 0 Å². The number of carbonyl (C=O) groups is 1. The van der Waals surface area contributed by atoms with Crippen LogP contribution in [0.25, 0.3) is 0 Å². The molecule has 0 fully saturated rings. The van der Waals surface area contributed by atoms with E-state index in [1.165, 1.54) is 12.1 Å². The lowest BCUT2D eigenvalue weighted by atomic mass is 10.2. The smallest absolute Gasteiger partial charge is 0.320 e. The fourth-order valence-corrected chi connectivity index (χ4v) is 3.00. The van der Waals surface area contributed by atoms with Gasteiger partial charge >= 0.3 is 6.03 Å². The van der Waals surface area contributed by atoms with Crippen LogP contribution in [0.1, 0.15) is 18.9 Å². The van der Waals surface area contributed by atoms with Crippen LogP contribution in [0.4, 0.5) is 10.5 Å². The fourth-order valence-electron chi connectivity index (χ4n) is 2.33. The number of hydrogen-bond donors (Lipinski definition) is 1. The van der Waals surface area contributed by atoms with Gasteiger partial charge in [0.1, 0.15) is 0 Å². The highest BCUT2D eigenvalue weighted by atomic mass is 32.2. The van der Waals surface area contributed by atoms with Gasteiger partial charge in [0.05, 0.1) is 4.90 Å². The van der Waals surface area contributed by atoms with Gasteiger partial charge in [-0.2, -0.15) is 0 Å². The average molecular weight is 346 g/mol. The Balaban J connectivity index is 2.13. The van der Waals surface area contributed by atoms with Crippen molar-refractivity contribution in [2.75, 3.05) is 18.1 Å². The predicted octanol–water partition coefficient (Wildman–Crippen LogP) is 3.53. The van der Waals surface area contributed by atoms with Crippen LogP contribution in [0.15, 0.2) is 59.5 Å². The van der Waals surface area contributed by atoms with Crippen molar-refractivity contribution in [2.24, 2.45) is 0 Å². The van der Waals surface area contributed by atoms with E-state index >= 15 is 0 Å². The van der Waals surface area contributed by atoms with Gasteiger partial charge in [0.2, 0.25) is 0 Å². The summed E-state index contributed by atoms with van der Waals surface area (Å²) in [6.07, 6.45) is 1.98. The minimum absolute atomic E-state index is 0.186. The fraction of sp³-hybridized carbons (Fsp3) is 0.278. The van der Waals surface area contributed by atoms with Gasteiger partial charge in [-0.15, -0.1) is 0 Å². The van der Waals surface area contributed by atoms with Gasteiger partial charge in [-0.05, 0) is 30.2 Å². The molecule has 2 aromatic rings. The molecule has 0 saturated carbocycles. The predicted molar refractivity (Wildman–Crippen MR) is 95.7 cm³/mol.